The third-order valence-electron chi connectivity index (χ3n) is 3.84. The average Bonchev–Trinajstić information content (AvgIpc) is 3.14. The van der Waals surface area contributed by atoms with Crippen LogP contribution in [0.15, 0.2) is 35.5 Å². The van der Waals surface area contributed by atoms with E-state index in [-0.39, 0.29) is 17.2 Å². The van der Waals surface area contributed by atoms with E-state index < -0.39 is 10.0 Å². The second-order valence-electron chi connectivity index (χ2n) is 5.54. The van der Waals surface area contributed by atoms with Crippen molar-refractivity contribution in [1.29, 1.82) is 0 Å². The van der Waals surface area contributed by atoms with Gasteiger partial charge in [-0.3, -0.25) is 10.1 Å². The van der Waals surface area contributed by atoms with Crippen molar-refractivity contribution >= 4 is 21.9 Å². The molecule has 2 N–H and O–H groups in total. The second-order valence-corrected chi connectivity index (χ2v) is 7.48. The number of ether oxygens (including phenoxy) is 1. The number of benzene rings is 1. The van der Waals surface area contributed by atoms with Gasteiger partial charge in [0.2, 0.25) is 21.9 Å². The summed E-state index contributed by atoms with van der Waals surface area (Å²) < 4.78 is 31.7. The van der Waals surface area contributed by atoms with Crippen molar-refractivity contribution in [2.24, 2.45) is 0 Å². The molecule has 0 saturated carbocycles. The lowest BCUT2D eigenvalue weighted by Crippen LogP contribution is -2.40. The van der Waals surface area contributed by atoms with E-state index >= 15 is 0 Å². The molecule has 1 saturated heterocycles. The number of carbonyl (C=O) groups excluding carboxylic acids is 1. The largest absolute Gasteiger partial charge is 0.379 e. The highest BCUT2D eigenvalue weighted by Crippen LogP contribution is 2.18. The first kappa shape index (κ1) is 17.5. The van der Waals surface area contributed by atoms with Crippen molar-refractivity contribution < 1.29 is 17.9 Å². The van der Waals surface area contributed by atoms with E-state index in [1.165, 1.54) is 10.6 Å². The Balaban J connectivity index is 1.57. The van der Waals surface area contributed by atoms with E-state index in [0.717, 1.165) is 5.56 Å². The number of nitrogens with one attached hydrogen (secondary N) is 2. The van der Waals surface area contributed by atoms with Gasteiger partial charge in [-0.25, -0.2) is 13.5 Å². The lowest BCUT2D eigenvalue weighted by Gasteiger charge is -2.26. The van der Waals surface area contributed by atoms with E-state index in [1.54, 1.807) is 24.3 Å². The minimum Gasteiger partial charge on any atom is -0.379 e. The minimum absolute atomic E-state index is 0.193. The molecule has 0 bridgehead atoms. The van der Waals surface area contributed by atoms with Gasteiger partial charge in [0, 0.05) is 19.5 Å². The van der Waals surface area contributed by atoms with Gasteiger partial charge in [0.05, 0.1) is 18.1 Å². The zero-order valence-electron chi connectivity index (χ0n) is 13.5. The number of aryl methyl sites for hydroxylation is 1. The molecular formula is C15H19N5O4S. The van der Waals surface area contributed by atoms with Crippen LogP contribution in [0.25, 0.3) is 0 Å². The smallest absolute Gasteiger partial charge is 0.243 e. The number of anilines is 1. The zero-order chi connectivity index (χ0) is 17.7. The molecule has 2 heterocycles. The molecule has 1 aliphatic rings. The molecule has 0 aliphatic carbocycles. The lowest BCUT2D eigenvalue weighted by molar-refractivity contribution is -0.116. The third-order valence-corrected chi connectivity index (χ3v) is 5.76. The first-order chi connectivity index (χ1) is 12.1. The summed E-state index contributed by atoms with van der Waals surface area (Å²) in [6.07, 6.45) is 2.07. The van der Waals surface area contributed by atoms with E-state index in [0.29, 0.717) is 38.7 Å². The Morgan fingerprint density at radius 3 is 2.60 bits per heavy atom. The standard InChI is InChI=1S/C15H19N5O4S/c21-14(18-15-16-11-17-19-15)6-3-12-1-4-13(5-2-12)25(22,23)20-7-9-24-10-8-20/h1-2,4-5,11H,3,6-10H2,(H2,16,17,18,19,21). The lowest BCUT2D eigenvalue weighted by atomic mass is 10.1. The molecule has 1 amide bonds. The Kier molecular flexibility index (Phi) is 5.41. The molecule has 1 aromatic heterocycles. The number of aromatic amines is 1. The van der Waals surface area contributed by atoms with Crippen LogP contribution in [0.4, 0.5) is 5.95 Å². The predicted octanol–water partition coefficient (Wildman–Crippen LogP) is 0.397. The average molecular weight is 365 g/mol. The number of amides is 1. The number of rotatable bonds is 6. The molecule has 1 aromatic carbocycles. The summed E-state index contributed by atoms with van der Waals surface area (Å²) in [5.74, 6) is 0.110. The summed E-state index contributed by atoms with van der Waals surface area (Å²) in [5.41, 5.74) is 0.883. The highest BCUT2D eigenvalue weighted by atomic mass is 32.2. The fourth-order valence-electron chi connectivity index (χ4n) is 2.48. The molecule has 2 aromatic rings. The number of hydrogen-bond acceptors (Lipinski definition) is 6. The van der Waals surface area contributed by atoms with Crippen LogP contribution in [0.1, 0.15) is 12.0 Å². The number of H-pyrrole nitrogens is 1. The van der Waals surface area contributed by atoms with Crippen molar-refractivity contribution in [3.8, 4) is 0 Å². The normalized spacial score (nSPS) is 15.8. The first-order valence-electron chi connectivity index (χ1n) is 7.88. The molecule has 0 unspecified atom stereocenters. The molecule has 1 aliphatic heterocycles. The molecule has 0 atom stereocenters. The molecule has 0 spiro atoms. The van der Waals surface area contributed by atoms with Gasteiger partial charge >= 0.3 is 0 Å². The fraction of sp³-hybridized carbons (Fsp3) is 0.400. The van der Waals surface area contributed by atoms with Crippen molar-refractivity contribution in [2.45, 2.75) is 17.7 Å². The maximum absolute atomic E-state index is 12.5. The number of aromatic nitrogens is 3. The zero-order valence-corrected chi connectivity index (χ0v) is 14.3. The quantitative estimate of drug-likeness (QED) is 0.765. The molecule has 134 valence electrons. The van der Waals surface area contributed by atoms with Crippen molar-refractivity contribution in [3.63, 3.8) is 0 Å². The van der Waals surface area contributed by atoms with Gasteiger partial charge in [-0.2, -0.15) is 14.4 Å². The third kappa shape index (κ3) is 4.41. The molecule has 10 heteroatoms. The van der Waals surface area contributed by atoms with Crippen LogP contribution < -0.4 is 5.32 Å². The molecule has 0 radical (unpaired) electrons. The SMILES string of the molecule is O=C(CCc1ccc(S(=O)(=O)N2CCOCC2)cc1)Nc1ncn[nH]1. The maximum Gasteiger partial charge on any atom is 0.243 e. The monoisotopic (exact) mass is 365 g/mol. The number of morpholine rings is 1. The van der Waals surface area contributed by atoms with E-state index in [4.69, 9.17) is 4.74 Å². The van der Waals surface area contributed by atoms with Gasteiger partial charge in [-0.05, 0) is 24.1 Å². The maximum atomic E-state index is 12.5. The van der Waals surface area contributed by atoms with E-state index in [1.807, 2.05) is 0 Å². The van der Waals surface area contributed by atoms with Crippen LogP contribution in [0, 0.1) is 0 Å². The Hall–Kier alpha value is -2.30. The van der Waals surface area contributed by atoms with Gasteiger partial charge < -0.3 is 4.74 Å². The van der Waals surface area contributed by atoms with Crippen LogP contribution in [0.2, 0.25) is 0 Å². The molecular weight excluding hydrogens is 346 g/mol. The summed E-state index contributed by atoms with van der Waals surface area (Å²) in [6, 6.07) is 6.62. The number of sulfonamides is 1. The van der Waals surface area contributed by atoms with E-state index in [9.17, 15) is 13.2 Å². The molecule has 25 heavy (non-hydrogen) atoms. The second kappa shape index (κ2) is 7.72. The fourth-order valence-corrected chi connectivity index (χ4v) is 3.89. The number of hydrogen-bond donors (Lipinski definition) is 2. The molecule has 9 nitrogen and oxygen atoms in total. The van der Waals surface area contributed by atoms with Crippen LogP contribution >= 0.6 is 0 Å². The molecule has 3 rings (SSSR count). The van der Waals surface area contributed by atoms with Gasteiger partial charge in [0.15, 0.2) is 0 Å². The summed E-state index contributed by atoms with van der Waals surface area (Å²) in [5, 5.41) is 8.78. The molecule has 1 fully saturated rings. The van der Waals surface area contributed by atoms with Crippen molar-refractivity contribution in [3.05, 3.63) is 36.2 Å². The number of carbonyl (C=O) groups is 1. The van der Waals surface area contributed by atoms with Gasteiger partial charge in [-0.15, -0.1) is 0 Å². The van der Waals surface area contributed by atoms with Gasteiger partial charge in [0.25, 0.3) is 0 Å². The van der Waals surface area contributed by atoms with Gasteiger partial charge in [0.1, 0.15) is 6.33 Å². The predicted molar refractivity (Wildman–Crippen MR) is 89.4 cm³/mol. The summed E-state index contributed by atoms with van der Waals surface area (Å²) in [6.45, 7) is 1.56. The minimum atomic E-state index is -3.49. The van der Waals surface area contributed by atoms with Crippen LogP contribution in [-0.4, -0.2) is 60.1 Å². The Morgan fingerprint density at radius 1 is 1.24 bits per heavy atom. The van der Waals surface area contributed by atoms with Crippen LogP contribution in [-0.2, 0) is 26.0 Å². The Bertz CT molecular complexity index is 799. The van der Waals surface area contributed by atoms with Gasteiger partial charge in [-0.1, -0.05) is 12.1 Å². The highest BCUT2D eigenvalue weighted by molar-refractivity contribution is 7.89. The van der Waals surface area contributed by atoms with Crippen LogP contribution in [0.5, 0.6) is 0 Å². The first-order valence-corrected chi connectivity index (χ1v) is 9.32. The summed E-state index contributed by atoms with van der Waals surface area (Å²) >= 11 is 0. The summed E-state index contributed by atoms with van der Waals surface area (Å²) in [4.78, 5) is 15.9. The van der Waals surface area contributed by atoms with Crippen molar-refractivity contribution in [1.82, 2.24) is 19.5 Å². The topological polar surface area (TPSA) is 117 Å². The summed E-state index contributed by atoms with van der Waals surface area (Å²) in [7, 11) is -3.49. The van der Waals surface area contributed by atoms with Crippen molar-refractivity contribution in [2.75, 3.05) is 31.6 Å². The van der Waals surface area contributed by atoms with Crippen LogP contribution in [0.3, 0.4) is 0 Å². The Labute approximate surface area is 145 Å². The van der Waals surface area contributed by atoms with E-state index in [2.05, 4.69) is 20.5 Å². The highest BCUT2D eigenvalue weighted by Gasteiger charge is 2.26. The Morgan fingerprint density at radius 2 is 1.96 bits per heavy atom. The number of nitrogens with zero attached hydrogens (tertiary/aromatic N) is 3.